The molecule has 2 rings (SSSR count). The maximum Gasteiger partial charge on any atom is 0.167 e. The van der Waals surface area contributed by atoms with Gasteiger partial charge in [0.05, 0.1) is 0 Å². The van der Waals surface area contributed by atoms with Crippen molar-refractivity contribution in [1.29, 1.82) is 0 Å². The molecule has 1 aliphatic rings. The largest absolute Gasteiger partial charge is 0.354 e. The van der Waals surface area contributed by atoms with E-state index in [0.29, 0.717) is 11.7 Å². The summed E-state index contributed by atoms with van der Waals surface area (Å²) < 4.78 is 2.15. The van der Waals surface area contributed by atoms with Crippen LogP contribution in [0.15, 0.2) is 18.5 Å². The Balaban J connectivity index is 1.84. The van der Waals surface area contributed by atoms with Crippen molar-refractivity contribution in [1.82, 2.24) is 4.57 Å². The Labute approximate surface area is 97.7 Å². The van der Waals surface area contributed by atoms with Crippen molar-refractivity contribution in [2.24, 2.45) is 11.8 Å². The Morgan fingerprint density at radius 1 is 1.50 bits per heavy atom. The van der Waals surface area contributed by atoms with E-state index in [1.165, 1.54) is 12.8 Å². The van der Waals surface area contributed by atoms with Crippen LogP contribution in [0.2, 0.25) is 0 Å². The van der Waals surface area contributed by atoms with E-state index in [4.69, 9.17) is 0 Å². The third kappa shape index (κ3) is 2.97. The third-order valence-corrected chi connectivity index (χ3v) is 3.18. The first-order valence-corrected chi connectivity index (χ1v) is 6.37. The molecule has 0 aromatic carbocycles. The van der Waals surface area contributed by atoms with Gasteiger partial charge in [-0.15, -0.1) is 0 Å². The minimum atomic E-state index is 0.339. The fourth-order valence-electron chi connectivity index (χ4n) is 1.99. The second kappa shape index (κ2) is 4.86. The van der Waals surface area contributed by atoms with E-state index in [1.54, 1.807) is 0 Å². The minimum Gasteiger partial charge on any atom is -0.354 e. The topological polar surface area (TPSA) is 22.0 Å². The first kappa shape index (κ1) is 11.4. The Morgan fingerprint density at radius 3 is 2.88 bits per heavy atom. The predicted octanol–water partition coefficient (Wildman–Crippen LogP) is 3.52. The van der Waals surface area contributed by atoms with Gasteiger partial charge in [-0.1, -0.05) is 13.8 Å². The Hall–Kier alpha value is -1.05. The van der Waals surface area contributed by atoms with Gasteiger partial charge in [0.25, 0.3) is 0 Å². The number of carbonyl (C=O) groups is 1. The van der Waals surface area contributed by atoms with Crippen molar-refractivity contribution in [2.45, 2.75) is 46.1 Å². The van der Waals surface area contributed by atoms with Crippen molar-refractivity contribution < 1.29 is 4.79 Å². The van der Waals surface area contributed by atoms with Crippen molar-refractivity contribution in [3.63, 3.8) is 0 Å². The quantitative estimate of drug-likeness (QED) is 0.671. The van der Waals surface area contributed by atoms with E-state index in [2.05, 4.69) is 18.4 Å². The predicted molar refractivity (Wildman–Crippen MR) is 65.6 cm³/mol. The van der Waals surface area contributed by atoms with Crippen LogP contribution in [0.5, 0.6) is 0 Å². The molecule has 1 aromatic rings. The van der Waals surface area contributed by atoms with Crippen LogP contribution < -0.4 is 0 Å². The smallest absolute Gasteiger partial charge is 0.167 e. The first-order chi connectivity index (χ1) is 7.66. The molecule has 1 fully saturated rings. The lowest BCUT2D eigenvalue weighted by molar-refractivity contribution is 0.0967. The number of nitrogens with zero attached hydrogens (tertiary/aromatic N) is 1. The van der Waals surface area contributed by atoms with Crippen LogP contribution in [0.3, 0.4) is 0 Å². The SMILES string of the molecule is CC(C)CCCn1ccc(C(=O)C2CC2)c1. The van der Waals surface area contributed by atoms with E-state index in [-0.39, 0.29) is 0 Å². The standard InChI is InChI=1S/C14H21NO/c1-11(2)4-3-8-15-9-7-13(10-15)14(16)12-5-6-12/h7,9-12H,3-6,8H2,1-2H3. The summed E-state index contributed by atoms with van der Waals surface area (Å²) in [5.74, 6) is 1.46. The number of Topliss-reactive ketones (excluding diaryl/α,β-unsaturated/α-hetero) is 1. The highest BCUT2D eigenvalue weighted by molar-refractivity contribution is 5.99. The molecule has 0 atom stereocenters. The number of aromatic nitrogens is 1. The summed E-state index contributed by atoms with van der Waals surface area (Å²) in [6.07, 6.45) is 8.69. The lowest BCUT2D eigenvalue weighted by Crippen LogP contribution is -2.00. The molecular formula is C14H21NO. The number of aryl methyl sites for hydroxylation is 1. The van der Waals surface area contributed by atoms with Crippen LogP contribution in [0.25, 0.3) is 0 Å². The molecule has 2 heteroatoms. The van der Waals surface area contributed by atoms with E-state index in [0.717, 1.165) is 30.9 Å². The second-order valence-corrected chi connectivity index (χ2v) is 5.31. The van der Waals surface area contributed by atoms with E-state index in [1.807, 2.05) is 18.5 Å². The summed E-state index contributed by atoms with van der Waals surface area (Å²) in [4.78, 5) is 11.8. The van der Waals surface area contributed by atoms with E-state index in [9.17, 15) is 4.79 Å². The zero-order valence-electron chi connectivity index (χ0n) is 10.3. The molecular weight excluding hydrogens is 198 g/mol. The van der Waals surface area contributed by atoms with Gasteiger partial charge >= 0.3 is 0 Å². The van der Waals surface area contributed by atoms with Crippen molar-refractivity contribution in [3.05, 3.63) is 24.0 Å². The third-order valence-electron chi connectivity index (χ3n) is 3.18. The van der Waals surface area contributed by atoms with Crippen molar-refractivity contribution >= 4 is 5.78 Å². The molecule has 0 spiro atoms. The van der Waals surface area contributed by atoms with Gasteiger partial charge in [-0.2, -0.15) is 0 Å². The van der Waals surface area contributed by atoms with Gasteiger partial charge in [0, 0.05) is 30.4 Å². The lowest BCUT2D eigenvalue weighted by Gasteiger charge is -2.05. The van der Waals surface area contributed by atoms with Gasteiger partial charge in [-0.3, -0.25) is 4.79 Å². The molecule has 1 saturated carbocycles. The van der Waals surface area contributed by atoms with Gasteiger partial charge in [0.15, 0.2) is 5.78 Å². The lowest BCUT2D eigenvalue weighted by atomic mass is 10.1. The van der Waals surface area contributed by atoms with Gasteiger partial charge in [0.1, 0.15) is 0 Å². The van der Waals surface area contributed by atoms with E-state index >= 15 is 0 Å². The Kier molecular flexibility index (Phi) is 3.47. The maximum absolute atomic E-state index is 11.8. The van der Waals surface area contributed by atoms with Crippen LogP contribution in [-0.4, -0.2) is 10.4 Å². The normalized spacial score (nSPS) is 15.7. The number of hydrogen-bond donors (Lipinski definition) is 0. The van der Waals surface area contributed by atoms with Crippen LogP contribution >= 0.6 is 0 Å². The molecule has 0 aliphatic heterocycles. The molecule has 0 amide bonds. The summed E-state index contributed by atoms with van der Waals surface area (Å²) in [7, 11) is 0. The molecule has 16 heavy (non-hydrogen) atoms. The number of rotatable bonds is 6. The summed E-state index contributed by atoms with van der Waals surface area (Å²) in [5, 5.41) is 0. The molecule has 88 valence electrons. The summed E-state index contributed by atoms with van der Waals surface area (Å²) >= 11 is 0. The zero-order valence-corrected chi connectivity index (χ0v) is 10.3. The average molecular weight is 219 g/mol. The van der Waals surface area contributed by atoms with Crippen molar-refractivity contribution in [3.8, 4) is 0 Å². The van der Waals surface area contributed by atoms with Crippen molar-refractivity contribution in [2.75, 3.05) is 0 Å². The van der Waals surface area contributed by atoms with Gasteiger partial charge < -0.3 is 4.57 Å². The maximum atomic E-state index is 11.8. The van der Waals surface area contributed by atoms with Crippen LogP contribution in [0.1, 0.15) is 49.9 Å². The highest BCUT2D eigenvalue weighted by Gasteiger charge is 2.30. The molecule has 0 bridgehead atoms. The van der Waals surface area contributed by atoms with Crippen LogP contribution in [-0.2, 0) is 6.54 Å². The monoisotopic (exact) mass is 219 g/mol. The number of hydrogen-bond acceptors (Lipinski definition) is 1. The van der Waals surface area contributed by atoms with Crippen LogP contribution in [0, 0.1) is 11.8 Å². The molecule has 0 radical (unpaired) electrons. The highest BCUT2D eigenvalue weighted by atomic mass is 16.1. The fourth-order valence-corrected chi connectivity index (χ4v) is 1.99. The average Bonchev–Trinajstić information content (AvgIpc) is 2.97. The van der Waals surface area contributed by atoms with Gasteiger partial charge in [-0.05, 0) is 37.7 Å². The minimum absolute atomic E-state index is 0.339. The summed E-state index contributed by atoms with van der Waals surface area (Å²) in [6.45, 7) is 5.53. The van der Waals surface area contributed by atoms with Gasteiger partial charge in [-0.25, -0.2) is 0 Å². The molecule has 0 saturated heterocycles. The number of carbonyl (C=O) groups excluding carboxylic acids is 1. The van der Waals surface area contributed by atoms with E-state index < -0.39 is 0 Å². The molecule has 1 aliphatic carbocycles. The molecule has 0 unspecified atom stereocenters. The molecule has 2 nitrogen and oxygen atoms in total. The summed E-state index contributed by atoms with van der Waals surface area (Å²) in [5.41, 5.74) is 0.909. The Bertz CT molecular complexity index is 361. The van der Waals surface area contributed by atoms with Crippen LogP contribution in [0.4, 0.5) is 0 Å². The second-order valence-electron chi connectivity index (χ2n) is 5.31. The molecule has 1 heterocycles. The summed E-state index contributed by atoms with van der Waals surface area (Å²) in [6, 6.07) is 1.97. The highest BCUT2D eigenvalue weighted by Crippen LogP contribution is 2.32. The number of ketones is 1. The fraction of sp³-hybridized carbons (Fsp3) is 0.643. The zero-order chi connectivity index (χ0) is 11.5. The van der Waals surface area contributed by atoms with Gasteiger partial charge in [0.2, 0.25) is 0 Å². The molecule has 1 aromatic heterocycles. The molecule has 0 N–H and O–H groups in total. The Morgan fingerprint density at radius 2 is 2.25 bits per heavy atom. The first-order valence-electron chi connectivity index (χ1n) is 6.37.